The number of unbranched alkanes of at least 4 members (excludes halogenated alkanes) is 1. The fourth-order valence-electron chi connectivity index (χ4n) is 4.27. The predicted molar refractivity (Wildman–Crippen MR) is 132 cm³/mol. The van der Waals surface area contributed by atoms with Crippen LogP contribution in [0.25, 0.3) is 0 Å². The van der Waals surface area contributed by atoms with E-state index < -0.39 is 6.04 Å². The summed E-state index contributed by atoms with van der Waals surface area (Å²) in [7, 11) is 0. The van der Waals surface area contributed by atoms with Crippen molar-refractivity contribution in [3.63, 3.8) is 0 Å². The van der Waals surface area contributed by atoms with Crippen molar-refractivity contribution in [2.75, 3.05) is 12.5 Å². The molecule has 5 nitrogen and oxygen atoms in total. The maximum absolute atomic E-state index is 13.6. The highest BCUT2D eigenvalue weighted by Gasteiger charge is 2.32. The fourth-order valence-corrected chi connectivity index (χ4v) is 4.42. The minimum Gasteiger partial charge on any atom is -0.494 e. The molecule has 0 heterocycles. The van der Waals surface area contributed by atoms with Crippen LogP contribution in [0, 0.1) is 5.82 Å². The van der Waals surface area contributed by atoms with E-state index >= 15 is 0 Å². The number of ether oxygens (including phenoxy) is 1. The van der Waals surface area contributed by atoms with E-state index in [1.807, 2.05) is 24.3 Å². The van der Waals surface area contributed by atoms with Gasteiger partial charge in [0.1, 0.15) is 23.5 Å². The third-order valence-corrected chi connectivity index (χ3v) is 6.40. The number of halogens is 2. The Morgan fingerprint density at radius 2 is 1.76 bits per heavy atom. The zero-order valence-electron chi connectivity index (χ0n) is 19.8. The number of benzene rings is 2. The zero-order chi connectivity index (χ0) is 24.3. The number of nitrogens with zero attached hydrogens (tertiary/aromatic N) is 1. The van der Waals surface area contributed by atoms with Gasteiger partial charge in [-0.2, -0.15) is 0 Å². The van der Waals surface area contributed by atoms with Crippen molar-refractivity contribution in [2.24, 2.45) is 0 Å². The summed E-state index contributed by atoms with van der Waals surface area (Å²) in [6.07, 6.45) is 7.22. The monoisotopic (exact) mass is 488 g/mol. The third kappa shape index (κ3) is 7.45. The van der Waals surface area contributed by atoms with Crippen molar-refractivity contribution in [1.82, 2.24) is 10.2 Å². The van der Waals surface area contributed by atoms with Gasteiger partial charge in [0, 0.05) is 12.6 Å². The second-order valence-electron chi connectivity index (χ2n) is 8.80. The van der Waals surface area contributed by atoms with E-state index in [9.17, 15) is 14.0 Å². The molecule has 3 rings (SSSR count). The Bertz CT molecular complexity index is 914. The first kappa shape index (κ1) is 26.0. The lowest BCUT2D eigenvalue weighted by molar-refractivity contribution is -0.140. The molecule has 1 unspecified atom stereocenters. The summed E-state index contributed by atoms with van der Waals surface area (Å²) in [5, 5.41) is 3.16. The van der Waals surface area contributed by atoms with Crippen LogP contribution in [0.15, 0.2) is 48.5 Å². The average molecular weight is 489 g/mol. The summed E-state index contributed by atoms with van der Waals surface area (Å²) in [5.41, 5.74) is 1.39. The number of carbonyl (C=O) groups is 2. The van der Waals surface area contributed by atoms with Crippen molar-refractivity contribution >= 4 is 23.4 Å². The van der Waals surface area contributed by atoms with Crippen LogP contribution in [0.4, 0.5) is 4.39 Å². The summed E-state index contributed by atoms with van der Waals surface area (Å²) in [6, 6.07) is 12.5. The number of rotatable bonds is 11. The van der Waals surface area contributed by atoms with E-state index in [1.165, 1.54) is 23.5 Å². The largest absolute Gasteiger partial charge is 0.494 e. The van der Waals surface area contributed by atoms with E-state index in [0.717, 1.165) is 49.8 Å². The number of carbonyl (C=O) groups excluding carboxylic acids is 2. The summed E-state index contributed by atoms with van der Waals surface area (Å²) in [6.45, 7) is 2.87. The van der Waals surface area contributed by atoms with E-state index in [1.54, 1.807) is 12.1 Å². The van der Waals surface area contributed by atoms with E-state index in [2.05, 4.69) is 12.2 Å². The second-order valence-corrected chi connectivity index (χ2v) is 9.07. The fraction of sp³-hybridized carbons (Fsp3) is 0.481. The van der Waals surface area contributed by atoms with Gasteiger partial charge in [0.25, 0.3) is 0 Å². The van der Waals surface area contributed by atoms with Gasteiger partial charge in [-0.1, -0.05) is 56.9 Å². The Kier molecular flexibility index (Phi) is 10.2. The van der Waals surface area contributed by atoms with E-state index in [0.29, 0.717) is 12.2 Å². The first-order valence-electron chi connectivity index (χ1n) is 12.1. The molecule has 1 fully saturated rings. The molecule has 1 saturated carbocycles. The predicted octanol–water partition coefficient (Wildman–Crippen LogP) is 5.76. The molecule has 1 aliphatic carbocycles. The topological polar surface area (TPSA) is 58.6 Å². The highest BCUT2D eigenvalue weighted by Crippen LogP contribution is 2.28. The van der Waals surface area contributed by atoms with Crippen LogP contribution in [-0.2, 0) is 16.1 Å². The molecule has 2 amide bonds. The molecule has 1 N–H and O–H groups in total. The molecule has 1 atom stereocenters. The quantitative estimate of drug-likeness (QED) is 0.323. The van der Waals surface area contributed by atoms with Crippen molar-refractivity contribution in [1.29, 1.82) is 0 Å². The Hall–Kier alpha value is -2.60. The SMILES string of the molecule is CCCCOc1ccc(C(C(=O)NC2CCCCC2)N(Cc2ccc(F)cc2)C(=O)CCl)cc1. The Balaban J connectivity index is 1.89. The molecule has 0 bridgehead atoms. The summed E-state index contributed by atoms with van der Waals surface area (Å²) < 4.78 is 19.2. The van der Waals surface area contributed by atoms with Crippen LogP contribution in [0.1, 0.15) is 69.0 Å². The molecule has 0 radical (unpaired) electrons. The standard InChI is InChI=1S/C27H34ClFN2O3/c1-2-3-17-34-24-15-11-21(12-16-24)26(27(33)30-23-7-5-4-6-8-23)31(25(32)18-28)19-20-9-13-22(29)14-10-20/h9-16,23,26H,2-8,17-19H2,1H3,(H,30,33). The average Bonchev–Trinajstić information content (AvgIpc) is 2.86. The van der Waals surface area contributed by atoms with Gasteiger partial charge in [0.15, 0.2) is 0 Å². The maximum Gasteiger partial charge on any atom is 0.247 e. The number of hydrogen-bond donors (Lipinski definition) is 1. The highest BCUT2D eigenvalue weighted by atomic mass is 35.5. The highest BCUT2D eigenvalue weighted by molar-refractivity contribution is 6.27. The van der Waals surface area contributed by atoms with E-state index in [4.69, 9.17) is 16.3 Å². The zero-order valence-corrected chi connectivity index (χ0v) is 20.5. The van der Waals surface area contributed by atoms with Gasteiger partial charge < -0.3 is 15.0 Å². The molecular formula is C27H34ClFN2O3. The van der Waals surface area contributed by atoms with Gasteiger partial charge in [0.05, 0.1) is 6.61 Å². The molecule has 0 aliphatic heterocycles. The Morgan fingerprint density at radius 1 is 1.09 bits per heavy atom. The molecule has 0 saturated heterocycles. The number of alkyl halides is 1. The second kappa shape index (κ2) is 13.3. The first-order chi connectivity index (χ1) is 16.5. The van der Waals surface area contributed by atoms with Crippen LogP contribution in [0.2, 0.25) is 0 Å². The molecule has 1 aliphatic rings. The third-order valence-electron chi connectivity index (χ3n) is 6.17. The first-order valence-corrected chi connectivity index (χ1v) is 12.7. The lowest BCUT2D eigenvalue weighted by Gasteiger charge is -2.33. The Labute approximate surface area is 206 Å². The number of amides is 2. The lowest BCUT2D eigenvalue weighted by atomic mass is 9.94. The van der Waals surface area contributed by atoms with Crippen LogP contribution >= 0.6 is 11.6 Å². The van der Waals surface area contributed by atoms with Gasteiger partial charge in [-0.05, 0) is 54.7 Å². The van der Waals surface area contributed by atoms with Gasteiger partial charge in [-0.15, -0.1) is 11.6 Å². The van der Waals surface area contributed by atoms with Gasteiger partial charge in [0.2, 0.25) is 11.8 Å². The van der Waals surface area contributed by atoms with Gasteiger partial charge >= 0.3 is 0 Å². The molecule has 0 aromatic heterocycles. The van der Waals surface area contributed by atoms with Crippen molar-refractivity contribution < 1.29 is 18.7 Å². The van der Waals surface area contributed by atoms with Crippen molar-refractivity contribution in [2.45, 2.75) is 70.5 Å². The summed E-state index contributed by atoms with van der Waals surface area (Å²) in [4.78, 5) is 28.0. The minimum atomic E-state index is -0.858. The maximum atomic E-state index is 13.6. The van der Waals surface area contributed by atoms with Crippen LogP contribution in [-0.4, -0.2) is 35.2 Å². The van der Waals surface area contributed by atoms with Crippen LogP contribution < -0.4 is 10.1 Å². The molecular weight excluding hydrogens is 455 g/mol. The minimum absolute atomic E-state index is 0.0965. The summed E-state index contributed by atoms with van der Waals surface area (Å²) in [5.74, 6) is -0.487. The smallest absolute Gasteiger partial charge is 0.247 e. The lowest BCUT2D eigenvalue weighted by Crippen LogP contribution is -2.47. The summed E-state index contributed by atoms with van der Waals surface area (Å²) >= 11 is 5.96. The number of nitrogens with one attached hydrogen (secondary N) is 1. The molecule has 2 aromatic carbocycles. The molecule has 184 valence electrons. The molecule has 0 spiro atoms. The van der Waals surface area contributed by atoms with E-state index in [-0.39, 0.29) is 36.1 Å². The van der Waals surface area contributed by atoms with Crippen molar-refractivity contribution in [3.8, 4) is 5.75 Å². The molecule has 7 heteroatoms. The number of hydrogen-bond acceptors (Lipinski definition) is 3. The molecule has 34 heavy (non-hydrogen) atoms. The normalized spacial score (nSPS) is 14.9. The van der Waals surface area contributed by atoms with Crippen LogP contribution in [0.5, 0.6) is 5.75 Å². The van der Waals surface area contributed by atoms with Crippen LogP contribution in [0.3, 0.4) is 0 Å². The van der Waals surface area contributed by atoms with Gasteiger partial charge in [-0.3, -0.25) is 9.59 Å². The molecule has 2 aromatic rings. The van der Waals surface area contributed by atoms with Crippen molar-refractivity contribution in [3.05, 3.63) is 65.5 Å². The van der Waals surface area contributed by atoms with Gasteiger partial charge in [-0.25, -0.2) is 4.39 Å². The Morgan fingerprint density at radius 3 is 2.38 bits per heavy atom.